The van der Waals surface area contributed by atoms with E-state index in [2.05, 4.69) is 10.3 Å². The summed E-state index contributed by atoms with van der Waals surface area (Å²) in [6, 6.07) is 4.13. The maximum absolute atomic E-state index is 11.8. The van der Waals surface area contributed by atoms with Crippen LogP contribution >= 0.6 is 0 Å². The fourth-order valence-corrected chi connectivity index (χ4v) is 2.71. The molecule has 2 heterocycles. The Bertz CT molecular complexity index is 727. The minimum absolute atomic E-state index is 0.0144. The van der Waals surface area contributed by atoms with Crippen molar-refractivity contribution in [3.05, 3.63) is 34.2 Å². The van der Waals surface area contributed by atoms with Crippen molar-refractivity contribution >= 4 is 22.7 Å². The van der Waals surface area contributed by atoms with Gasteiger partial charge in [0.05, 0.1) is 17.5 Å². The van der Waals surface area contributed by atoms with Crippen molar-refractivity contribution in [2.45, 2.75) is 25.9 Å². The van der Waals surface area contributed by atoms with Gasteiger partial charge in [0.15, 0.2) is 5.58 Å². The molecule has 0 radical (unpaired) electrons. The number of aromatic nitrogens is 1. The summed E-state index contributed by atoms with van der Waals surface area (Å²) in [7, 11) is 0. The Kier molecular flexibility index (Phi) is 3.76. The Hall–Kier alpha value is -2.48. The van der Waals surface area contributed by atoms with Gasteiger partial charge in [-0.2, -0.15) is 0 Å². The number of carbonyl (C=O) groups excluding carboxylic acids is 1. The average molecular weight is 304 g/mol. The van der Waals surface area contributed by atoms with E-state index in [4.69, 9.17) is 4.42 Å². The summed E-state index contributed by atoms with van der Waals surface area (Å²) in [6.07, 6.45) is 0.706. The molecule has 1 aromatic carbocycles. The molecule has 0 aliphatic carbocycles. The third-order valence-corrected chi connectivity index (χ3v) is 3.79. The monoisotopic (exact) mass is 304 g/mol. The van der Waals surface area contributed by atoms with E-state index in [0.717, 1.165) is 6.54 Å². The van der Waals surface area contributed by atoms with E-state index in [9.17, 15) is 14.9 Å². The highest BCUT2D eigenvalue weighted by molar-refractivity contribution is 5.82. The fourth-order valence-electron chi connectivity index (χ4n) is 2.71. The summed E-state index contributed by atoms with van der Waals surface area (Å²) >= 11 is 0. The quantitative estimate of drug-likeness (QED) is 0.677. The first-order valence-electron chi connectivity index (χ1n) is 7.14. The number of benzene rings is 1. The summed E-state index contributed by atoms with van der Waals surface area (Å²) in [5.74, 6) is 0.476. The highest BCUT2D eigenvalue weighted by atomic mass is 16.6. The first-order chi connectivity index (χ1) is 10.6. The van der Waals surface area contributed by atoms with E-state index in [1.54, 1.807) is 6.07 Å². The highest BCUT2D eigenvalue weighted by Crippen LogP contribution is 2.23. The van der Waals surface area contributed by atoms with Crippen LogP contribution in [-0.4, -0.2) is 39.8 Å². The van der Waals surface area contributed by atoms with Gasteiger partial charge in [0.25, 0.3) is 5.69 Å². The van der Waals surface area contributed by atoms with Gasteiger partial charge < -0.3 is 9.73 Å². The van der Waals surface area contributed by atoms with Crippen LogP contribution in [0.3, 0.4) is 0 Å². The van der Waals surface area contributed by atoms with E-state index in [1.165, 1.54) is 12.1 Å². The maximum Gasteiger partial charge on any atom is 0.271 e. The lowest BCUT2D eigenvalue weighted by Gasteiger charge is -2.33. The van der Waals surface area contributed by atoms with E-state index in [-0.39, 0.29) is 17.6 Å². The normalized spacial score (nSPS) is 19.3. The van der Waals surface area contributed by atoms with Gasteiger partial charge in [-0.3, -0.25) is 19.8 Å². The molecule has 0 spiro atoms. The molecule has 1 amide bonds. The Morgan fingerprint density at radius 1 is 1.55 bits per heavy atom. The Morgan fingerprint density at radius 2 is 2.36 bits per heavy atom. The zero-order valence-corrected chi connectivity index (χ0v) is 12.1. The van der Waals surface area contributed by atoms with Crippen molar-refractivity contribution in [1.29, 1.82) is 0 Å². The average Bonchev–Trinajstić information content (AvgIpc) is 2.88. The summed E-state index contributed by atoms with van der Waals surface area (Å²) in [5.41, 5.74) is 0.949. The topological polar surface area (TPSA) is 102 Å². The van der Waals surface area contributed by atoms with Crippen molar-refractivity contribution in [2.24, 2.45) is 0 Å². The number of nitrogens with zero attached hydrogens (tertiary/aromatic N) is 3. The second-order valence-corrected chi connectivity index (χ2v) is 5.20. The molecule has 1 aliphatic rings. The number of hydrogen-bond donors (Lipinski definition) is 1. The van der Waals surface area contributed by atoms with Crippen LogP contribution < -0.4 is 5.32 Å². The molecule has 22 heavy (non-hydrogen) atoms. The largest absolute Gasteiger partial charge is 0.439 e. The van der Waals surface area contributed by atoms with Gasteiger partial charge in [0.1, 0.15) is 5.52 Å². The molecular weight excluding hydrogens is 288 g/mol. The Morgan fingerprint density at radius 3 is 3.09 bits per heavy atom. The molecular formula is C14H16N4O4. The molecule has 1 N–H and O–H groups in total. The lowest BCUT2D eigenvalue weighted by Crippen LogP contribution is -2.54. The van der Waals surface area contributed by atoms with E-state index < -0.39 is 4.92 Å². The molecule has 2 aromatic rings. The molecule has 1 aliphatic heterocycles. The number of nitrogens with one attached hydrogen (secondary N) is 1. The molecule has 0 bridgehead atoms. The molecule has 0 saturated carbocycles. The Labute approximate surface area is 126 Å². The highest BCUT2D eigenvalue weighted by Gasteiger charge is 2.29. The molecule has 8 nitrogen and oxygen atoms in total. The van der Waals surface area contributed by atoms with Gasteiger partial charge in [0.2, 0.25) is 11.8 Å². The van der Waals surface area contributed by atoms with Gasteiger partial charge in [-0.1, -0.05) is 6.92 Å². The van der Waals surface area contributed by atoms with Crippen molar-refractivity contribution in [1.82, 2.24) is 15.2 Å². The zero-order chi connectivity index (χ0) is 15.7. The zero-order valence-electron chi connectivity index (χ0n) is 12.1. The second-order valence-electron chi connectivity index (χ2n) is 5.20. The number of piperazine rings is 1. The van der Waals surface area contributed by atoms with Crippen molar-refractivity contribution in [2.75, 3.05) is 13.1 Å². The third kappa shape index (κ3) is 2.64. The van der Waals surface area contributed by atoms with Crippen LogP contribution in [-0.2, 0) is 11.3 Å². The summed E-state index contributed by atoms with van der Waals surface area (Å²) in [6.45, 7) is 3.69. The number of amides is 1. The number of hydrogen-bond acceptors (Lipinski definition) is 6. The molecule has 1 saturated heterocycles. The number of fused-ring (bicyclic) bond motifs is 1. The van der Waals surface area contributed by atoms with Crippen LogP contribution in [0.4, 0.5) is 5.69 Å². The summed E-state index contributed by atoms with van der Waals surface area (Å²) in [5, 5.41) is 13.6. The minimum Gasteiger partial charge on any atom is -0.439 e. The van der Waals surface area contributed by atoms with Gasteiger partial charge in [0, 0.05) is 25.2 Å². The number of nitro groups is 1. The van der Waals surface area contributed by atoms with E-state index in [0.29, 0.717) is 36.5 Å². The number of oxazole rings is 1. The van der Waals surface area contributed by atoms with Crippen LogP contribution in [0.2, 0.25) is 0 Å². The summed E-state index contributed by atoms with van der Waals surface area (Å²) in [4.78, 5) is 28.5. The van der Waals surface area contributed by atoms with Gasteiger partial charge in [-0.15, -0.1) is 0 Å². The minimum atomic E-state index is -0.462. The number of carbonyl (C=O) groups is 1. The molecule has 1 fully saturated rings. The van der Waals surface area contributed by atoms with Gasteiger partial charge in [-0.05, 0) is 12.5 Å². The van der Waals surface area contributed by atoms with Crippen molar-refractivity contribution in [3.63, 3.8) is 0 Å². The number of rotatable bonds is 4. The third-order valence-electron chi connectivity index (χ3n) is 3.79. The smallest absolute Gasteiger partial charge is 0.271 e. The van der Waals surface area contributed by atoms with Crippen molar-refractivity contribution in [3.8, 4) is 0 Å². The SMILES string of the molecule is CCC1C(=O)NCCN1Cc1nc2cc([N+](=O)[O-])ccc2o1. The van der Waals surface area contributed by atoms with Crippen LogP contribution in [0, 0.1) is 10.1 Å². The van der Waals surface area contributed by atoms with Crippen LogP contribution in [0.5, 0.6) is 0 Å². The van der Waals surface area contributed by atoms with Crippen LogP contribution in [0.1, 0.15) is 19.2 Å². The predicted octanol–water partition coefficient (Wildman–Crippen LogP) is 1.45. The summed E-state index contributed by atoms with van der Waals surface area (Å²) < 4.78 is 5.63. The first-order valence-corrected chi connectivity index (χ1v) is 7.14. The number of non-ortho nitro benzene ring substituents is 1. The maximum atomic E-state index is 11.8. The molecule has 8 heteroatoms. The van der Waals surface area contributed by atoms with E-state index >= 15 is 0 Å². The fraction of sp³-hybridized carbons (Fsp3) is 0.429. The van der Waals surface area contributed by atoms with Gasteiger partial charge >= 0.3 is 0 Å². The second kappa shape index (κ2) is 5.72. The van der Waals surface area contributed by atoms with Crippen molar-refractivity contribution < 1.29 is 14.1 Å². The molecule has 116 valence electrons. The van der Waals surface area contributed by atoms with Crippen LogP contribution in [0.25, 0.3) is 11.1 Å². The lowest BCUT2D eigenvalue weighted by molar-refractivity contribution is -0.384. The molecule has 1 atom stereocenters. The lowest BCUT2D eigenvalue weighted by atomic mass is 10.1. The van der Waals surface area contributed by atoms with Crippen LogP contribution in [0.15, 0.2) is 22.6 Å². The predicted molar refractivity (Wildman–Crippen MR) is 78.2 cm³/mol. The standard InChI is InChI=1S/C14H16N4O4/c1-2-11-14(19)15-5-6-17(11)8-13-16-10-7-9(18(20)21)3-4-12(10)22-13/h3-4,7,11H,2,5-6,8H2,1H3,(H,15,19). The first kappa shape index (κ1) is 14.5. The van der Waals surface area contributed by atoms with E-state index in [1.807, 2.05) is 11.8 Å². The van der Waals surface area contributed by atoms with Gasteiger partial charge in [-0.25, -0.2) is 4.98 Å². The molecule has 1 unspecified atom stereocenters. The Balaban J connectivity index is 1.84. The molecule has 1 aromatic heterocycles. The molecule has 3 rings (SSSR count). The number of nitro benzene ring substituents is 1.